The number of phenolic OH excluding ortho intramolecular Hbond substituents is 1. The molecule has 7 heteroatoms. The predicted octanol–water partition coefficient (Wildman–Crippen LogP) is 10.1. The van der Waals surface area contributed by atoms with Gasteiger partial charge in [-0.2, -0.15) is 0 Å². The number of nitrogens with zero attached hydrogens (tertiary/aromatic N) is 1. The number of aliphatic imine (C=N–C) groups is 1. The molecule has 0 spiro atoms. The van der Waals surface area contributed by atoms with Crippen LogP contribution in [0.4, 0.5) is 4.39 Å². The van der Waals surface area contributed by atoms with Crippen molar-refractivity contribution in [3.05, 3.63) is 190 Å². The van der Waals surface area contributed by atoms with Crippen LogP contribution in [0.5, 0.6) is 23.0 Å². The molecule has 0 amide bonds. The molecular weight excluding hydrogens is 678 g/mol. The zero-order chi connectivity index (χ0) is 38.1. The van der Waals surface area contributed by atoms with Crippen molar-refractivity contribution in [1.82, 2.24) is 0 Å². The Hall–Kier alpha value is -5.92. The van der Waals surface area contributed by atoms with Crippen LogP contribution in [0.3, 0.4) is 0 Å². The predicted molar refractivity (Wildman–Crippen MR) is 212 cm³/mol. The minimum atomic E-state index is -1.89. The smallest absolute Gasteiger partial charge is 0.165 e. The number of hydrogen-bond donors (Lipinski definition) is 2. The van der Waals surface area contributed by atoms with E-state index < -0.39 is 23.2 Å². The minimum Gasteiger partial charge on any atom is -0.504 e. The molecule has 0 radical (unpaired) electrons. The topological polar surface area (TPSA) is 80.5 Å². The van der Waals surface area contributed by atoms with Gasteiger partial charge in [0.25, 0.3) is 0 Å². The maximum Gasteiger partial charge on any atom is 0.165 e. The maximum atomic E-state index is 14.6. The Morgan fingerprint density at radius 3 is 1.72 bits per heavy atom. The molecule has 0 aliphatic heterocycles. The van der Waals surface area contributed by atoms with Crippen LogP contribution in [0.15, 0.2) is 145 Å². The van der Waals surface area contributed by atoms with E-state index in [1.165, 1.54) is 18.3 Å². The molecule has 1 atom stereocenters. The molecule has 6 rings (SSSR count). The van der Waals surface area contributed by atoms with Gasteiger partial charge in [0.1, 0.15) is 36.1 Å². The molecule has 0 bridgehead atoms. The van der Waals surface area contributed by atoms with E-state index in [9.17, 15) is 14.6 Å². The van der Waals surface area contributed by atoms with Gasteiger partial charge in [-0.1, -0.05) is 102 Å². The highest BCUT2D eigenvalue weighted by atomic mass is 19.1. The number of rotatable bonds is 15. The highest BCUT2D eigenvalue weighted by Gasteiger charge is 2.45. The minimum absolute atomic E-state index is 0.00323. The Kier molecular flexibility index (Phi) is 12.1. The number of benzene rings is 6. The summed E-state index contributed by atoms with van der Waals surface area (Å²) in [5, 5.41) is 24.5. The van der Waals surface area contributed by atoms with Crippen molar-refractivity contribution in [3.8, 4) is 23.0 Å². The molecule has 2 N–H and O–H groups in total. The first-order chi connectivity index (χ1) is 26.1. The normalized spacial score (nSPS) is 12.2. The lowest BCUT2D eigenvalue weighted by Gasteiger charge is -2.37. The molecule has 0 fully saturated rings. The van der Waals surface area contributed by atoms with Crippen molar-refractivity contribution in [3.63, 3.8) is 0 Å². The molecule has 54 heavy (non-hydrogen) atoms. The maximum absolute atomic E-state index is 14.6. The van der Waals surface area contributed by atoms with Crippen LogP contribution < -0.4 is 14.2 Å². The van der Waals surface area contributed by atoms with Gasteiger partial charge in [0.05, 0.1) is 12.1 Å². The summed E-state index contributed by atoms with van der Waals surface area (Å²) in [5.41, 5.74) is 3.86. The number of aryl methyl sites for hydroxylation is 2. The Bertz CT molecular complexity index is 2070. The van der Waals surface area contributed by atoms with E-state index in [2.05, 4.69) is 0 Å². The van der Waals surface area contributed by atoms with Gasteiger partial charge in [-0.15, -0.1) is 0 Å². The quantitative estimate of drug-likeness (QED) is 0.103. The zero-order valence-electron chi connectivity index (χ0n) is 31.1. The van der Waals surface area contributed by atoms with Crippen LogP contribution in [0.25, 0.3) is 0 Å². The van der Waals surface area contributed by atoms with Crippen molar-refractivity contribution in [1.29, 1.82) is 0 Å². The second-order valence-electron chi connectivity index (χ2n) is 13.8. The van der Waals surface area contributed by atoms with Gasteiger partial charge in [-0.3, -0.25) is 4.99 Å². The summed E-state index contributed by atoms with van der Waals surface area (Å²) in [5.74, 6) is 0.369. The van der Waals surface area contributed by atoms with Gasteiger partial charge in [0.2, 0.25) is 0 Å². The SMILES string of the molecule is Cc1ccc(OCc2ccccc2)c(C(O)(c2cc(C)ccc2OCc2ccccc2)C(Cc2ccc(OC(C)C)cc2)N=Cc2cccc(F)c2O)c1. The van der Waals surface area contributed by atoms with Gasteiger partial charge in [-0.05, 0) is 99.3 Å². The molecule has 1 unspecified atom stereocenters. The number of halogens is 1. The second-order valence-corrected chi connectivity index (χ2v) is 13.8. The Morgan fingerprint density at radius 1 is 0.667 bits per heavy atom. The molecule has 0 heterocycles. The van der Waals surface area contributed by atoms with Crippen molar-refractivity contribution in [2.75, 3.05) is 0 Å². The monoisotopic (exact) mass is 723 g/mol. The average molecular weight is 724 g/mol. The van der Waals surface area contributed by atoms with Gasteiger partial charge in [0, 0.05) is 22.9 Å². The molecule has 0 saturated carbocycles. The summed E-state index contributed by atoms with van der Waals surface area (Å²) in [6.07, 6.45) is 1.66. The van der Waals surface area contributed by atoms with Gasteiger partial charge >= 0.3 is 0 Å². The van der Waals surface area contributed by atoms with E-state index >= 15 is 0 Å². The number of para-hydroxylation sites is 1. The van der Waals surface area contributed by atoms with Crippen LogP contribution in [0.2, 0.25) is 0 Å². The van der Waals surface area contributed by atoms with Crippen LogP contribution in [-0.4, -0.2) is 28.6 Å². The Balaban J connectivity index is 1.56. The lowest BCUT2D eigenvalue weighted by molar-refractivity contribution is 0.0458. The Labute approximate surface area is 317 Å². The van der Waals surface area contributed by atoms with E-state index in [-0.39, 0.29) is 31.3 Å². The van der Waals surface area contributed by atoms with Crippen molar-refractivity contribution in [2.45, 2.75) is 65.1 Å². The summed E-state index contributed by atoms with van der Waals surface area (Å²) in [6.45, 7) is 8.40. The molecule has 6 aromatic rings. The summed E-state index contributed by atoms with van der Waals surface area (Å²) < 4.78 is 33.6. The molecule has 6 nitrogen and oxygen atoms in total. The number of ether oxygens (including phenoxy) is 3. The van der Waals surface area contributed by atoms with Gasteiger partial charge in [-0.25, -0.2) is 4.39 Å². The molecule has 0 aliphatic carbocycles. The van der Waals surface area contributed by atoms with Crippen LogP contribution in [0, 0.1) is 19.7 Å². The van der Waals surface area contributed by atoms with Gasteiger partial charge in [0.15, 0.2) is 11.6 Å². The van der Waals surface area contributed by atoms with Crippen LogP contribution >= 0.6 is 0 Å². The molecule has 6 aromatic carbocycles. The molecular formula is C47H46FNO5. The van der Waals surface area contributed by atoms with Crippen molar-refractivity contribution < 1.29 is 28.8 Å². The summed E-state index contributed by atoms with van der Waals surface area (Å²) in [7, 11) is 0. The lowest BCUT2D eigenvalue weighted by Crippen LogP contribution is -2.42. The van der Waals surface area contributed by atoms with Crippen LogP contribution in [0.1, 0.15) is 58.4 Å². The Morgan fingerprint density at radius 2 is 1.20 bits per heavy atom. The first kappa shape index (κ1) is 37.8. The lowest BCUT2D eigenvalue weighted by atomic mass is 9.76. The second kappa shape index (κ2) is 17.3. The molecule has 276 valence electrons. The molecule has 0 aromatic heterocycles. The summed E-state index contributed by atoms with van der Waals surface area (Å²) in [6, 6.07) is 42.2. The molecule has 0 aliphatic rings. The fraction of sp³-hybridized carbons (Fsp3) is 0.213. The zero-order valence-corrected chi connectivity index (χ0v) is 31.1. The highest BCUT2D eigenvalue weighted by molar-refractivity contribution is 5.83. The van der Waals surface area contributed by atoms with E-state index in [0.29, 0.717) is 22.6 Å². The average Bonchev–Trinajstić information content (AvgIpc) is 3.18. The number of aromatic hydroxyl groups is 1. The van der Waals surface area contributed by atoms with E-state index in [4.69, 9.17) is 19.2 Å². The summed E-state index contributed by atoms with van der Waals surface area (Å²) >= 11 is 0. The van der Waals surface area contributed by atoms with Crippen molar-refractivity contribution in [2.24, 2.45) is 4.99 Å². The third-order valence-electron chi connectivity index (χ3n) is 9.18. The fourth-order valence-corrected chi connectivity index (χ4v) is 6.42. The van der Waals surface area contributed by atoms with Gasteiger partial charge < -0.3 is 24.4 Å². The number of hydrogen-bond acceptors (Lipinski definition) is 6. The van der Waals surface area contributed by atoms with Crippen LogP contribution in [-0.2, 0) is 25.2 Å². The first-order valence-electron chi connectivity index (χ1n) is 18.1. The summed E-state index contributed by atoms with van der Waals surface area (Å²) in [4.78, 5) is 5.02. The first-order valence-corrected chi connectivity index (χ1v) is 18.1. The third kappa shape index (κ3) is 9.17. The largest absolute Gasteiger partial charge is 0.504 e. The van der Waals surface area contributed by atoms with E-state index in [1.54, 1.807) is 6.07 Å². The van der Waals surface area contributed by atoms with Crippen molar-refractivity contribution >= 4 is 6.21 Å². The standard InChI is InChI=1S/C47H46FNO5/c1-32(2)54-39-22-20-35(21-23-39)28-45(49-29-38-16-11-17-42(48)46(38)50)47(51,40-26-33(3)18-24-43(40)52-30-36-12-7-5-8-13-36)41-27-34(4)19-25-44(41)53-31-37-14-9-6-10-15-37/h5-27,29,32,45,50-51H,28,30-31H2,1-4H3. The number of aliphatic hydroxyl groups is 1. The highest BCUT2D eigenvalue weighted by Crippen LogP contribution is 2.46. The number of phenols is 1. The fourth-order valence-electron chi connectivity index (χ4n) is 6.42. The molecule has 0 saturated heterocycles. The van der Waals surface area contributed by atoms with E-state index in [0.717, 1.165) is 33.6 Å². The third-order valence-corrected chi connectivity index (χ3v) is 9.18. The van der Waals surface area contributed by atoms with E-state index in [1.807, 2.05) is 149 Å².